The molecule has 2 atom stereocenters. The summed E-state index contributed by atoms with van der Waals surface area (Å²) in [6.07, 6.45) is 4.20. The maximum absolute atomic E-state index is 12.7. The lowest BCUT2D eigenvalue weighted by Gasteiger charge is -2.29. The van der Waals surface area contributed by atoms with Crippen molar-refractivity contribution in [2.24, 2.45) is 22.9 Å². The first kappa shape index (κ1) is 24.5. The highest BCUT2D eigenvalue weighted by Crippen LogP contribution is 2.15. The summed E-state index contributed by atoms with van der Waals surface area (Å²) in [6, 6.07) is -2.14. The Balaban J connectivity index is 5.24. The van der Waals surface area contributed by atoms with Gasteiger partial charge in [0.1, 0.15) is 6.04 Å². The van der Waals surface area contributed by atoms with E-state index in [0.29, 0.717) is 64.6 Å². The SMILES string of the molecule is NCCCCC(=O)N(C(=O)[C@@H](N)CCCCN)[C@@H](CCCCN)C(=O)O. The molecular formula is C17H35N5O4. The zero-order valence-corrected chi connectivity index (χ0v) is 15.6. The van der Waals surface area contributed by atoms with Crippen molar-refractivity contribution >= 4 is 17.8 Å². The van der Waals surface area contributed by atoms with E-state index in [4.69, 9.17) is 22.9 Å². The third kappa shape index (κ3) is 9.23. The molecule has 152 valence electrons. The smallest absolute Gasteiger partial charge is 0.326 e. The number of unbranched alkanes of at least 4 members (excludes halogenated alkanes) is 3. The molecule has 0 aliphatic carbocycles. The van der Waals surface area contributed by atoms with Crippen molar-refractivity contribution < 1.29 is 19.5 Å². The average molecular weight is 373 g/mol. The van der Waals surface area contributed by atoms with Gasteiger partial charge < -0.3 is 28.0 Å². The molecule has 0 aromatic rings. The Morgan fingerprint density at radius 1 is 0.808 bits per heavy atom. The number of amides is 2. The van der Waals surface area contributed by atoms with Crippen LogP contribution in [0.3, 0.4) is 0 Å². The van der Waals surface area contributed by atoms with Gasteiger partial charge in [0.05, 0.1) is 6.04 Å². The minimum atomic E-state index is -1.22. The van der Waals surface area contributed by atoms with Crippen LogP contribution in [0, 0.1) is 0 Å². The van der Waals surface area contributed by atoms with Crippen molar-refractivity contribution in [2.75, 3.05) is 19.6 Å². The molecule has 0 aromatic carbocycles. The van der Waals surface area contributed by atoms with Crippen molar-refractivity contribution in [2.45, 2.75) is 69.9 Å². The van der Waals surface area contributed by atoms with E-state index in [-0.39, 0.29) is 12.8 Å². The van der Waals surface area contributed by atoms with E-state index in [1.165, 1.54) is 0 Å². The average Bonchev–Trinajstić information content (AvgIpc) is 2.60. The number of carboxylic acids is 1. The van der Waals surface area contributed by atoms with E-state index in [1.807, 2.05) is 0 Å². The number of imide groups is 1. The van der Waals surface area contributed by atoms with Crippen molar-refractivity contribution in [1.82, 2.24) is 4.90 Å². The van der Waals surface area contributed by atoms with E-state index in [1.54, 1.807) is 0 Å². The van der Waals surface area contributed by atoms with Gasteiger partial charge in [-0.1, -0.05) is 6.42 Å². The highest BCUT2D eigenvalue weighted by Gasteiger charge is 2.36. The molecule has 0 aliphatic rings. The summed E-state index contributed by atoms with van der Waals surface area (Å²) >= 11 is 0. The molecule has 0 unspecified atom stereocenters. The number of carboxylic acid groups (broad SMARTS) is 1. The van der Waals surface area contributed by atoms with Crippen LogP contribution in [0.2, 0.25) is 0 Å². The highest BCUT2D eigenvalue weighted by molar-refractivity contribution is 6.01. The van der Waals surface area contributed by atoms with Gasteiger partial charge in [-0.05, 0) is 64.6 Å². The molecule has 0 fully saturated rings. The fourth-order valence-corrected chi connectivity index (χ4v) is 2.65. The number of nitrogens with two attached hydrogens (primary N) is 4. The van der Waals surface area contributed by atoms with Crippen LogP contribution in [-0.4, -0.2) is 59.5 Å². The Morgan fingerprint density at radius 2 is 1.31 bits per heavy atom. The summed E-state index contributed by atoms with van der Waals surface area (Å²) in [6.45, 7) is 1.33. The summed E-state index contributed by atoms with van der Waals surface area (Å²) in [5.74, 6) is -2.37. The predicted molar refractivity (Wildman–Crippen MR) is 100.0 cm³/mol. The van der Waals surface area contributed by atoms with Crippen LogP contribution >= 0.6 is 0 Å². The second-order valence-electron chi connectivity index (χ2n) is 6.38. The summed E-state index contributed by atoms with van der Waals surface area (Å²) in [5, 5.41) is 9.55. The maximum Gasteiger partial charge on any atom is 0.326 e. The monoisotopic (exact) mass is 373 g/mol. The Morgan fingerprint density at radius 3 is 1.81 bits per heavy atom. The van der Waals surface area contributed by atoms with Gasteiger partial charge >= 0.3 is 5.97 Å². The van der Waals surface area contributed by atoms with E-state index in [2.05, 4.69) is 0 Å². The molecule has 0 rings (SSSR count). The maximum atomic E-state index is 12.7. The summed E-state index contributed by atoms with van der Waals surface area (Å²) in [4.78, 5) is 37.9. The number of carbonyl (C=O) groups excluding carboxylic acids is 2. The number of hydrogen-bond donors (Lipinski definition) is 5. The first-order valence-electron chi connectivity index (χ1n) is 9.35. The largest absolute Gasteiger partial charge is 0.480 e. The molecule has 9 N–H and O–H groups in total. The summed E-state index contributed by atoms with van der Waals surface area (Å²) < 4.78 is 0. The molecule has 0 saturated heterocycles. The molecule has 0 radical (unpaired) electrons. The molecule has 0 spiro atoms. The summed E-state index contributed by atoms with van der Waals surface area (Å²) in [7, 11) is 0. The van der Waals surface area contributed by atoms with Gasteiger partial charge in [0.25, 0.3) is 0 Å². The van der Waals surface area contributed by atoms with Gasteiger partial charge in [0.15, 0.2) is 0 Å². The van der Waals surface area contributed by atoms with E-state index in [9.17, 15) is 19.5 Å². The molecule has 2 amide bonds. The molecule has 9 nitrogen and oxygen atoms in total. The Labute approximate surface area is 155 Å². The highest BCUT2D eigenvalue weighted by atomic mass is 16.4. The second kappa shape index (κ2) is 14.6. The molecular weight excluding hydrogens is 338 g/mol. The fraction of sp³-hybridized carbons (Fsp3) is 0.824. The van der Waals surface area contributed by atoms with Crippen LogP contribution in [0.25, 0.3) is 0 Å². The topological polar surface area (TPSA) is 179 Å². The van der Waals surface area contributed by atoms with E-state index in [0.717, 1.165) is 4.90 Å². The van der Waals surface area contributed by atoms with Gasteiger partial charge in [0, 0.05) is 6.42 Å². The minimum Gasteiger partial charge on any atom is -0.480 e. The lowest BCUT2D eigenvalue weighted by atomic mass is 10.0. The minimum absolute atomic E-state index is 0.0686. The van der Waals surface area contributed by atoms with Gasteiger partial charge in [-0.3, -0.25) is 14.5 Å². The van der Waals surface area contributed by atoms with Crippen LogP contribution in [0.5, 0.6) is 0 Å². The first-order valence-corrected chi connectivity index (χ1v) is 9.35. The summed E-state index contributed by atoms with van der Waals surface area (Å²) in [5.41, 5.74) is 22.2. The van der Waals surface area contributed by atoms with Crippen LogP contribution in [0.4, 0.5) is 0 Å². The van der Waals surface area contributed by atoms with E-state index >= 15 is 0 Å². The van der Waals surface area contributed by atoms with Gasteiger partial charge in [-0.25, -0.2) is 4.79 Å². The standard InChI is InChI=1S/C17H35N5O4/c18-10-4-1-7-13(21)16(24)22(15(23)9-3-6-12-20)14(17(25)26)8-2-5-11-19/h13-14H,1-12,18-21H2,(H,25,26)/t13-,14-/m0/s1. The molecule has 0 saturated carbocycles. The molecule has 26 heavy (non-hydrogen) atoms. The fourth-order valence-electron chi connectivity index (χ4n) is 2.65. The molecule has 0 aromatic heterocycles. The quantitative estimate of drug-likeness (QED) is 0.238. The number of aliphatic carboxylic acids is 1. The molecule has 9 heteroatoms. The van der Waals surface area contributed by atoms with Gasteiger partial charge in [0.2, 0.25) is 11.8 Å². The van der Waals surface area contributed by atoms with Crippen LogP contribution in [-0.2, 0) is 14.4 Å². The van der Waals surface area contributed by atoms with Gasteiger partial charge in [-0.2, -0.15) is 0 Å². The molecule has 0 bridgehead atoms. The second-order valence-corrected chi connectivity index (χ2v) is 6.38. The lowest BCUT2D eigenvalue weighted by Crippen LogP contribution is -2.54. The third-order valence-corrected chi connectivity index (χ3v) is 4.17. The van der Waals surface area contributed by atoms with Gasteiger partial charge in [-0.15, -0.1) is 0 Å². The van der Waals surface area contributed by atoms with Crippen molar-refractivity contribution in [1.29, 1.82) is 0 Å². The Kier molecular flexibility index (Phi) is 13.7. The number of hydrogen-bond acceptors (Lipinski definition) is 7. The third-order valence-electron chi connectivity index (χ3n) is 4.17. The number of nitrogens with zero attached hydrogens (tertiary/aromatic N) is 1. The number of carbonyl (C=O) groups is 3. The molecule has 0 aliphatic heterocycles. The van der Waals surface area contributed by atoms with Crippen LogP contribution in [0.1, 0.15) is 57.8 Å². The first-order chi connectivity index (χ1) is 12.4. The Bertz CT molecular complexity index is 433. The van der Waals surface area contributed by atoms with E-state index < -0.39 is 29.9 Å². The predicted octanol–water partition coefficient (Wildman–Crippen LogP) is -0.491. The van der Waals surface area contributed by atoms with Crippen molar-refractivity contribution in [3.05, 3.63) is 0 Å². The van der Waals surface area contributed by atoms with Crippen molar-refractivity contribution in [3.8, 4) is 0 Å². The van der Waals surface area contributed by atoms with Crippen LogP contribution in [0.15, 0.2) is 0 Å². The van der Waals surface area contributed by atoms with Crippen molar-refractivity contribution in [3.63, 3.8) is 0 Å². The number of rotatable bonds is 15. The zero-order chi connectivity index (χ0) is 19.9. The Hall–Kier alpha value is -1.55. The lowest BCUT2D eigenvalue weighted by molar-refractivity contribution is -0.159. The normalized spacial score (nSPS) is 13.2. The zero-order valence-electron chi connectivity index (χ0n) is 15.6. The molecule has 0 heterocycles. The van der Waals surface area contributed by atoms with Crippen LogP contribution < -0.4 is 22.9 Å².